The van der Waals surface area contributed by atoms with Gasteiger partial charge < -0.3 is 5.32 Å². The van der Waals surface area contributed by atoms with E-state index in [9.17, 15) is 4.79 Å². The Hall–Kier alpha value is -2.27. The molecule has 0 fully saturated rings. The Morgan fingerprint density at radius 1 is 1.09 bits per heavy atom. The molecule has 0 radical (unpaired) electrons. The van der Waals surface area contributed by atoms with E-state index in [1.807, 2.05) is 57.2 Å². The quantitative estimate of drug-likeness (QED) is 0.888. The van der Waals surface area contributed by atoms with Gasteiger partial charge in [-0.15, -0.1) is 0 Å². The molecule has 2 heterocycles. The van der Waals surface area contributed by atoms with Crippen molar-refractivity contribution in [2.24, 2.45) is 0 Å². The summed E-state index contributed by atoms with van der Waals surface area (Å²) in [4.78, 5) is 21.1. The van der Waals surface area contributed by atoms with Crippen LogP contribution < -0.4 is 10.6 Å². The van der Waals surface area contributed by atoms with Gasteiger partial charge in [-0.2, -0.15) is 0 Å². The van der Waals surface area contributed by atoms with Crippen molar-refractivity contribution in [3.63, 3.8) is 0 Å². The second kappa shape index (κ2) is 7.13. The Labute approximate surface area is 131 Å². The number of carbonyl (C=O) groups is 1. The van der Waals surface area contributed by atoms with Crippen molar-refractivity contribution in [3.8, 4) is 0 Å². The fourth-order valence-corrected chi connectivity index (χ4v) is 2.03. The summed E-state index contributed by atoms with van der Waals surface area (Å²) in [7, 11) is 0. The Morgan fingerprint density at radius 2 is 1.77 bits per heavy atom. The van der Waals surface area contributed by atoms with Crippen LogP contribution in [-0.2, 0) is 11.3 Å². The summed E-state index contributed by atoms with van der Waals surface area (Å²) < 4.78 is 0. The highest BCUT2D eigenvalue weighted by Crippen LogP contribution is 2.13. The molecule has 0 bridgehead atoms. The van der Waals surface area contributed by atoms with Crippen molar-refractivity contribution in [1.82, 2.24) is 20.6 Å². The van der Waals surface area contributed by atoms with Crippen LogP contribution in [0.15, 0.2) is 48.8 Å². The smallest absolute Gasteiger partial charge is 0.243 e. The molecule has 22 heavy (non-hydrogen) atoms. The highest BCUT2D eigenvalue weighted by atomic mass is 16.2. The molecular formula is C17H22N4O. The summed E-state index contributed by atoms with van der Waals surface area (Å²) in [6.45, 7) is 6.37. The lowest BCUT2D eigenvalue weighted by Crippen LogP contribution is -2.46. The monoisotopic (exact) mass is 298 g/mol. The largest absolute Gasteiger partial charge is 0.350 e. The van der Waals surface area contributed by atoms with Gasteiger partial charge >= 0.3 is 0 Å². The lowest BCUT2D eigenvalue weighted by Gasteiger charge is -2.25. The van der Waals surface area contributed by atoms with Crippen molar-refractivity contribution in [1.29, 1.82) is 0 Å². The molecule has 0 spiro atoms. The molecule has 0 saturated heterocycles. The Kier molecular flexibility index (Phi) is 5.22. The molecule has 0 aromatic carbocycles. The minimum Gasteiger partial charge on any atom is -0.350 e. The van der Waals surface area contributed by atoms with Crippen LogP contribution in [-0.4, -0.2) is 21.4 Å². The predicted molar refractivity (Wildman–Crippen MR) is 86.0 cm³/mol. The summed E-state index contributed by atoms with van der Waals surface area (Å²) in [6, 6.07) is 10.8. The average molecular weight is 298 g/mol. The standard InChI is InChI=1S/C17H22N4O/c1-17(2,3)21-16(22)15(14-9-5-7-11-19-14)20-12-13-8-4-6-10-18-13/h4-11,15,20H,12H2,1-3H3,(H,21,22). The van der Waals surface area contributed by atoms with Gasteiger partial charge in [-0.3, -0.25) is 20.1 Å². The third-order valence-electron chi connectivity index (χ3n) is 2.96. The molecule has 1 unspecified atom stereocenters. The first-order valence-corrected chi connectivity index (χ1v) is 7.32. The number of hydrogen-bond donors (Lipinski definition) is 2. The van der Waals surface area contributed by atoms with E-state index in [1.54, 1.807) is 12.4 Å². The maximum Gasteiger partial charge on any atom is 0.243 e. The van der Waals surface area contributed by atoms with E-state index in [0.717, 1.165) is 5.69 Å². The van der Waals surface area contributed by atoms with Crippen LogP contribution in [0.3, 0.4) is 0 Å². The number of rotatable bonds is 5. The van der Waals surface area contributed by atoms with Crippen LogP contribution in [0.2, 0.25) is 0 Å². The first-order valence-electron chi connectivity index (χ1n) is 7.32. The van der Waals surface area contributed by atoms with Gasteiger partial charge in [0, 0.05) is 24.5 Å². The van der Waals surface area contributed by atoms with Crippen LogP contribution in [0.1, 0.15) is 38.2 Å². The van der Waals surface area contributed by atoms with Gasteiger partial charge in [0.1, 0.15) is 6.04 Å². The molecule has 2 aromatic heterocycles. The number of amides is 1. The van der Waals surface area contributed by atoms with Gasteiger partial charge in [-0.05, 0) is 45.0 Å². The summed E-state index contributed by atoms with van der Waals surface area (Å²) in [5.41, 5.74) is 1.28. The molecule has 5 heteroatoms. The molecule has 1 atom stereocenters. The third-order valence-corrected chi connectivity index (χ3v) is 2.96. The summed E-state index contributed by atoms with van der Waals surface area (Å²) in [6.07, 6.45) is 3.43. The van der Waals surface area contributed by atoms with E-state index in [0.29, 0.717) is 12.2 Å². The number of carbonyl (C=O) groups excluding carboxylic acids is 1. The fourth-order valence-electron chi connectivity index (χ4n) is 2.03. The van der Waals surface area contributed by atoms with Gasteiger partial charge in [-0.1, -0.05) is 12.1 Å². The van der Waals surface area contributed by atoms with E-state index in [1.165, 1.54) is 0 Å². The maximum atomic E-state index is 12.5. The molecule has 1 amide bonds. The first-order chi connectivity index (χ1) is 10.5. The molecule has 0 aliphatic carbocycles. The Bertz CT molecular complexity index is 593. The van der Waals surface area contributed by atoms with Crippen molar-refractivity contribution >= 4 is 5.91 Å². The fraction of sp³-hybridized carbons (Fsp3) is 0.353. The first kappa shape index (κ1) is 16.1. The topological polar surface area (TPSA) is 66.9 Å². The molecule has 116 valence electrons. The zero-order valence-electron chi connectivity index (χ0n) is 13.2. The Morgan fingerprint density at radius 3 is 2.32 bits per heavy atom. The molecule has 0 saturated carbocycles. The minimum atomic E-state index is -0.512. The van der Waals surface area contributed by atoms with Crippen LogP contribution in [0.4, 0.5) is 0 Å². The van der Waals surface area contributed by atoms with Gasteiger partial charge in [0.25, 0.3) is 0 Å². The van der Waals surface area contributed by atoms with Crippen LogP contribution >= 0.6 is 0 Å². The minimum absolute atomic E-state index is 0.0952. The number of nitrogens with zero attached hydrogens (tertiary/aromatic N) is 2. The van der Waals surface area contributed by atoms with Crippen molar-refractivity contribution in [2.45, 2.75) is 38.9 Å². The number of pyridine rings is 2. The third kappa shape index (κ3) is 4.93. The summed E-state index contributed by atoms with van der Waals surface area (Å²) >= 11 is 0. The normalized spacial score (nSPS) is 12.7. The van der Waals surface area contributed by atoms with Crippen molar-refractivity contribution in [3.05, 3.63) is 60.2 Å². The predicted octanol–water partition coefficient (Wildman–Crippen LogP) is 2.22. The van der Waals surface area contributed by atoms with E-state index >= 15 is 0 Å². The molecule has 0 aliphatic rings. The summed E-state index contributed by atoms with van der Waals surface area (Å²) in [5, 5.41) is 6.23. The molecule has 0 aliphatic heterocycles. The number of hydrogen-bond acceptors (Lipinski definition) is 4. The second-order valence-corrected chi connectivity index (χ2v) is 6.13. The average Bonchev–Trinajstić information content (AvgIpc) is 2.48. The number of aromatic nitrogens is 2. The van der Waals surface area contributed by atoms with Gasteiger partial charge in [0.2, 0.25) is 5.91 Å². The van der Waals surface area contributed by atoms with E-state index in [2.05, 4.69) is 20.6 Å². The zero-order valence-corrected chi connectivity index (χ0v) is 13.2. The maximum absolute atomic E-state index is 12.5. The molecule has 2 N–H and O–H groups in total. The van der Waals surface area contributed by atoms with Gasteiger partial charge in [0.05, 0.1) is 11.4 Å². The van der Waals surface area contributed by atoms with Gasteiger partial charge in [-0.25, -0.2) is 0 Å². The van der Waals surface area contributed by atoms with Crippen LogP contribution in [0.5, 0.6) is 0 Å². The van der Waals surface area contributed by atoms with E-state index in [4.69, 9.17) is 0 Å². The molecule has 2 rings (SSSR count). The van der Waals surface area contributed by atoms with Crippen molar-refractivity contribution in [2.75, 3.05) is 0 Å². The lowest BCUT2D eigenvalue weighted by atomic mass is 10.1. The Balaban J connectivity index is 2.13. The van der Waals surface area contributed by atoms with Crippen molar-refractivity contribution < 1.29 is 4.79 Å². The molecular weight excluding hydrogens is 276 g/mol. The zero-order chi connectivity index (χ0) is 16.0. The van der Waals surface area contributed by atoms with Gasteiger partial charge in [0.15, 0.2) is 0 Å². The SMILES string of the molecule is CC(C)(C)NC(=O)C(NCc1ccccn1)c1ccccn1. The second-order valence-electron chi connectivity index (χ2n) is 6.13. The lowest BCUT2D eigenvalue weighted by molar-refractivity contribution is -0.124. The molecule has 5 nitrogen and oxygen atoms in total. The highest BCUT2D eigenvalue weighted by Gasteiger charge is 2.25. The van der Waals surface area contributed by atoms with Crippen LogP contribution in [0, 0.1) is 0 Å². The summed E-state index contributed by atoms with van der Waals surface area (Å²) in [5.74, 6) is -0.0952. The number of nitrogens with one attached hydrogen (secondary N) is 2. The van der Waals surface area contributed by atoms with E-state index in [-0.39, 0.29) is 11.4 Å². The highest BCUT2D eigenvalue weighted by molar-refractivity contribution is 5.83. The van der Waals surface area contributed by atoms with E-state index < -0.39 is 6.04 Å². The molecule has 2 aromatic rings. The van der Waals surface area contributed by atoms with Crippen LogP contribution in [0.25, 0.3) is 0 Å².